The van der Waals surface area contributed by atoms with Crippen molar-refractivity contribution in [3.63, 3.8) is 0 Å². The highest BCUT2D eigenvalue weighted by molar-refractivity contribution is 5.95. The number of carbonyl (C=O) groups is 2. The number of carbonyl (C=O) groups excluding carboxylic acids is 2. The molecule has 138 valence electrons. The van der Waals surface area contributed by atoms with Crippen molar-refractivity contribution in [2.45, 2.75) is 63.1 Å². The Labute approximate surface area is 154 Å². The number of para-hydroxylation sites is 1. The summed E-state index contributed by atoms with van der Waals surface area (Å²) in [5.74, 6) is 0.703. The number of urea groups is 1. The second-order valence-electron chi connectivity index (χ2n) is 9.22. The molecule has 6 rings (SSSR count). The van der Waals surface area contributed by atoms with Gasteiger partial charge in [-0.05, 0) is 37.3 Å². The summed E-state index contributed by atoms with van der Waals surface area (Å²) >= 11 is 0. The fraction of sp³-hybridized carbons (Fsp3) is 0.619. The normalized spacial score (nSPS) is 36.8. The predicted molar refractivity (Wildman–Crippen MR) is 100 cm³/mol. The van der Waals surface area contributed by atoms with E-state index in [0.717, 1.165) is 37.9 Å². The van der Waals surface area contributed by atoms with Crippen LogP contribution in [0.2, 0.25) is 0 Å². The number of rotatable bonds is 1. The van der Waals surface area contributed by atoms with Gasteiger partial charge < -0.3 is 5.32 Å². The molecule has 0 saturated carbocycles. The van der Waals surface area contributed by atoms with E-state index in [1.165, 1.54) is 5.56 Å². The van der Waals surface area contributed by atoms with Crippen LogP contribution in [0.1, 0.15) is 45.1 Å². The van der Waals surface area contributed by atoms with E-state index in [1.54, 1.807) is 0 Å². The lowest BCUT2D eigenvalue weighted by molar-refractivity contribution is -0.141. The van der Waals surface area contributed by atoms with Crippen molar-refractivity contribution in [1.29, 1.82) is 0 Å². The average molecular weight is 353 g/mol. The van der Waals surface area contributed by atoms with Gasteiger partial charge in [-0.2, -0.15) is 0 Å². The molecule has 5 heterocycles. The quantitative estimate of drug-likeness (QED) is 0.845. The molecule has 1 aromatic rings. The average Bonchev–Trinajstić information content (AvgIpc) is 2.87. The monoisotopic (exact) mass is 353 g/mol. The van der Waals surface area contributed by atoms with Gasteiger partial charge in [0.25, 0.3) is 0 Å². The third-order valence-electron chi connectivity index (χ3n) is 7.01. The molecule has 4 bridgehead atoms. The summed E-state index contributed by atoms with van der Waals surface area (Å²) in [5.41, 5.74) is 2.28. The number of piperidine rings is 4. The van der Waals surface area contributed by atoms with Gasteiger partial charge in [0.1, 0.15) is 5.78 Å². The fourth-order valence-corrected chi connectivity index (χ4v) is 5.77. The summed E-state index contributed by atoms with van der Waals surface area (Å²) in [5, 5.41) is 3.31. The fourth-order valence-electron chi connectivity index (χ4n) is 5.77. The molecule has 0 aromatic heterocycles. The Bertz CT molecular complexity index is 758. The minimum absolute atomic E-state index is 0.0117. The summed E-state index contributed by atoms with van der Waals surface area (Å²) in [4.78, 5) is 29.3. The summed E-state index contributed by atoms with van der Waals surface area (Å²) in [6.45, 7) is 5.76. The number of nitrogens with zero attached hydrogens (tertiary/aromatic N) is 2. The number of hydrogen-bond acceptors (Lipinski definition) is 3. The van der Waals surface area contributed by atoms with E-state index in [4.69, 9.17) is 0 Å². The largest absolute Gasteiger partial charge is 0.335 e. The number of nitrogens with one attached hydrogen (secondary N) is 1. The zero-order valence-corrected chi connectivity index (χ0v) is 15.6. The topological polar surface area (TPSA) is 52.7 Å². The molecule has 1 aromatic carbocycles. The first-order valence-corrected chi connectivity index (χ1v) is 9.88. The molecule has 0 radical (unpaired) electrons. The Balaban J connectivity index is 1.30. The molecule has 4 unspecified atom stereocenters. The SMILES string of the molecule is CC1(C)CN(C(=O)NC2CC3CC4C[C@H](C2)N3CC4=O)c2ccccc21. The second-order valence-corrected chi connectivity index (χ2v) is 9.22. The van der Waals surface area contributed by atoms with Crippen LogP contribution in [0.5, 0.6) is 0 Å². The number of benzene rings is 1. The standard InChI is InChI=1S/C21H27N3O2/c1-21(2)12-24(18-6-4-3-5-17(18)21)20(26)22-14-9-15-7-13-8-16(10-14)23(15)11-19(13)25/h3-6,13-16H,7-12H2,1-2H3,(H,22,26)/t13?,14?,15-,16?/m1/s1. The molecule has 26 heavy (non-hydrogen) atoms. The van der Waals surface area contributed by atoms with Crippen LogP contribution in [0.25, 0.3) is 0 Å². The van der Waals surface area contributed by atoms with Crippen LogP contribution in [-0.2, 0) is 10.2 Å². The maximum absolute atomic E-state index is 13.0. The maximum atomic E-state index is 13.0. The van der Waals surface area contributed by atoms with Crippen molar-refractivity contribution in [2.24, 2.45) is 5.92 Å². The van der Waals surface area contributed by atoms with E-state index < -0.39 is 0 Å². The third kappa shape index (κ3) is 2.40. The first kappa shape index (κ1) is 16.3. The van der Waals surface area contributed by atoms with Gasteiger partial charge in [0.2, 0.25) is 0 Å². The molecule has 2 amide bonds. The molecule has 5 aliphatic rings. The van der Waals surface area contributed by atoms with Crippen LogP contribution < -0.4 is 10.2 Å². The number of fused-ring (bicyclic) bond motifs is 2. The van der Waals surface area contributed by atoms with Crippen molar-refractivity contribution in [1.82, 2.24) is 10.2 Å². The Morgan fingerprint density at radius 3 is 2.50 bits per heavy atom. The maximum Gasteiger partial charge on any atom is 0.322 e. The summed E-state index contributed by atoms with van der Waals surface area (Å²) in [6.07, 6.45) is 3.93. The number of hydrogen-bond donors (Lipinski definition) is 1. The van der Waals surface area contributed by atoms with E-state index in [2.05, 4.69) is 42.3 Å². The lowest BCUT2D eigenvalue weighted by Gasteiger charge is -2.54. The summed E-state index contributed by atoms with van der Waals surface area (Å²) < 4.78 is 0. The molecule has 5 heteroatoms. The van der Waals surface area contributed by atoms with Crippen molar-refractivity contribution < 1.29 is 9.59 Å². The Kier molecular flexibility index (Phi) is 3.48. The highest BCUT2D eigenvalue weighted by Crippen LogP contribution is 2.42. The molecule has 4 fully saturated rings. The highest BCUT2D eigenvalue weighted by Gasteiger charge is 2.49. The van der Waals surface area contributed by atoms with Crippen molar-refractivity contribution >= 4 is 17.5 Å². The van der Waals surface area contributed by atoms with Gasteiger partial charge in [-0.1, -0.05) is 32.0 Å². The Hall–Kier alpha value is -1.88. The van der Waals surface area contributed by atoms with Crippen LogP contribution in [0.4, 0.5) is 10.5 Å². The molecule has 5 aliphatic heterocycles. The molecule has 5 atom stereocenters. The van der Waals surface area contributed by atoms with E-state index in [-0.39, 0.29) is 23.4 Å². The zero-order valence-electron chi connectivity index (χ0n) is 15.6. The number of Topliss-reactive ketones (excluding diaryl/α,β-unsaturated/α-hetero) is 1. The molecular formula is C21H27N3O2. The van der Waals surface area contributed by atoms with Crippen LogP contribution in [0, 0.1) is 5.92 Å². The van der Waals surface area contributed by atoms with Crippen molar-refractivity contribution in [3.05, 3.63) is 29.8 Å². The molecule has 4 saturated heterocycles. The molecular weight excluding hydrogens is 326 g/mol. The smallest absolute Gasteiger partial charge is 0.322 e. The minimum atomic E-state index is -0.0117. The van der Waals surface area contributed by atoms with Gasteiger partial charge >= 0.3 is 6.03 Å². The van der Waals surface area contributed by atoms with Crippen molar-refractivity contribution in [3.8, 4) is 0 Å². The van der Waals surface area contributed by atoms with Gasteiger partial charge in [-0.25, -0.2) is 4.79 Å². The summed E-state index contributed by atoms with van der Waals surface area (Å²) in [7, 11) is 0. The van der Waals surface area contributed by atoms with E-state index >= 15 is 0 Å². The van der Waals surface area contributed by atoms with E-state index in [9.17, 15) is 9.59 Å². The minimum Gasteiger partial charge on any atom is -0.335 e. The van der Waals surface area contributed by atoms with Crippen LogP contribution in [0.3, 0.4) is 0 Å². The summed E-state index contributed by atoms with van der Waals surface area (Å²) in [6, 6.07) is 9.44. The first-order chi connectivity index (χ1) is 12.4. The van der Waals surface area contributed by atoms with Gasteiger partial charge in [0, 0.05) is 41.7 Å². The number of ketones is 1. The second kappa shape index (κ2) is 5.56. The van der Waals surface area contributed by atoms with E-state index in [1.807, 2.05) is 11.0 Å². The van der Waals surface area contributed by atoms with Gasteiger partial charge in [-0.15, -0.1) is 0 Å². The lowest BCUT2D eigenvalue weighted by atomic mass is 9.71. The van der Waals surface area contributed by atoms with Gasteiger partial charge in [0.05, 0.1) is 6.54 Å². The third-order valence-corrected chi connectivity index (χ3v) is 7.01. The Morgan fingerprint density at radius 1 is 1.12 bits per heavy atom. The lowest BCUT2D eigenvalue weighted by Crippen LogP contribution is -2.65. The molecule has 0 aliphatic carbocycles. The molecule has 0 spiro atoms. The first-order valence-electron chi connectivity index (χ1n) is 9.88. The molecule has 5 nitrogen and oxygen atoms in total. The Morgan fingerprint density at radius 2 is 1.81 bits per heavy atom. The van der Waals surface area contributed by atoms with Crippen LogP contribution >= 0.6 is 0 Å². The van der Waals surface area contributed by atoms with Crippen LogP contribution in [0.15, 0.2) is 24.3 Å². The van der Waals surface area contributed by atoms with Gasteiger partial charge in [-0.3, -0.25) is 14.6 Å². The van der Waals surface area contributed by atoms with Crippen LogP contribution in [-0.4, -0.2) is 47.9 Å². The van der Waals surface area contributed by atoms with Crippen molar-refractivity contribution in [2.75, 3.05) is 18.0 Å². The predicted octanol–water partition coefficient (Wildman–Crippen LogP) is 2.69. The number of amides is 2. The zero-order chi connectivity index (χ0) is 18.1. The highest BCUT2D eigenvalue weighted by atomic mass is 16.2. The van der Waals surface area contributed by atoms with E-state index in [0.29, 0.717) is 24.4 Å². The van der Waals surface area contributed by atoms with Gasteiger partial charge in [0.15, 0.2) is 0 Å². The number of anilines is 1. The molecule has 1 N–H and O–H groups in total.